The summed E-state index contributed by atoms with van der Waals surface area (Å²) in [6.07, 6.45) is 12.7. The van der Waals surface area contributed by atoms with Crippen LogP contribution in [0.15, 0.2) is 35.6 Å². The summed E-state index contributed by atoms with van der Waals surface area (Å²) < 4.78 is 10.3. The summed E-state index contributed by atoms with van der Waals surface area (Å²) in [7, 11) is 1.42. The molecule has 19 heavy (non-hydrogen) atoms. The van der Waals surface area contributed by atoms with Gasteiger partial charge < -0.3 is 9.47 Å². The Hall–Kier alpha value is -1.51. The maximum atomic E-state index is 11.7. The Morgan fingerprint density at radius 3 is 3.11 bits per heavy atom. The minimum absolute atomic E-state index is 0.229. The van der Waals surface area contributed by atoms with Crippen molar-refractivity contribution >= 4 is 5.97 Å². The minimum atomic E-state index is -0.265. The number of esters is 1. The number of hydrogen-bond acceptors (Lipinski definition) is 3. The number of carbonyl (C=O) groups is 1. The minimum Gasteiger partial charge on any atom is -0.500 e. The van der Waals surface area contributed by atoms with E-state index in [1.54, 1.807) is 6.26 Å². The average Bonchev–Trinajstić information content (AvgIpc) is 2.86. The molecule has 0 N–H and O–H groups in total. The van der Waals surface area contributed by atoms with Crippen LogP contribution in [0, 0.1) is 11.8 Å². The van der Waals surface area contributed by atoms with Crippen molar-refractivity contribution in [2.75, 3.05) is 13.7 Å². The molecule has 3 nitrogen and oxygen atoms in total. The second kappa shape index (κ2) is 6.60. The molecule has 104 valence electrons. The normalized spacial score (nSPS) is 25.6. The summed E-state index contributed by atoms with van der Waals surface area (Å²) in [5.74, 6) is 0.267. The summed E-state index contributed by atoms with van der Waals surface area (Å²) in [6.45, 7) is 2.86. The molecule has 0 saturated carbocycles. The Kier molecular flexibility index (Phi) is 4.83. The fraction of sp³-hybridized carbons (Fsp3) is 0.562. The first-order valence-corrected chi connectivity index (χ1v) is 7.04. The van der Waals surface area contributed by atoms with E-state index in [0.29, 0.717) is 18.1 Å². The largest absolute Gasteiger partial charge is 0.500 e. The Balaban J connectivity index is 2.00. The van der Waals surface area contributed by atoms with E-state index in [1.807, 2.05) is 0 Å². The molecule has 0 saturated heterocycles. The van der Waals surface area contributed by atoms with E-state index in [2.05, 4.69) is 25.2 Å². The molecule has 0 aromatic heterocycles. The molecule has 3 heteroatoms. The molecule has 2 unspecified atom stereocenters. The Morgan fingerprint density at radius 2 is 2.37 bits per heavy atom. The molecule has 0 aromatic rings. The topological polar surface area (TPSA) is 35.5 Å². The van der Waals surface area contributed by atoms with Gasteiger partial charge in [-0.15, -0.1) is 0 Å². The van der Waals surface area contributed by atoms with Gasteiger partial charge in [0.15, 0.2) is 0 Å². The number of hydrogen-bond donors (Lipinski definition) is 0. The van der Waals surface area contributed by atoms with E-state index in [0.717, 1.165) is 12.8 Å². The van der Waals surface area contributed by atoms with Gasteiger partial charge in [0.1, 0.15) is 0 Å². The number of fused-ring (bicyclic) bond motifs is 1. The molecule has 2 rings (SSSR count). The van der Waals surface area contributed by atoms with Gasteiger partial charge in [0, 0.05) is 11.8 Å². The molecule has 0 fully saturated rings. The van der Waals surface area contributed by atoms with Crippen molar-refractivity contribution in [2.45, 2.75) is 32.6 Å². The van der Waals surface area contributed by atoms with Crippen LogP contribution in [0.4, 0.5) is 0 Å². The summed E-state index contributed by atoms with van der Waals surface area (Å²) in [5.41, 5.74) is 1.97. The van der Waals surface area contributed by atoms with E-state index in [4.69, 9.17) is 9.47 Å². The van der Waals surface area contributed by atoms with Gasteiger partial charge in [0.05, 0.1) is 25.6 Å². The third-order valence-corrected chi connectivity index (χ3v) is 3.86. The zero-order valence-electron chi connectivity index (χ0n) is 11.7. The molecule has 0 radical (unpaired) electrons. The van der Waals surface area contributed by atoms with Gasteiger partial charge in [-0.1, -0.05) is 38.0 Å². The Morgan fingerprint density at radius 1 is 1.53 bits per heavy atom. The van der Waals surface area contributed by atoms with E-state index < -0.39 is 0 Å². The third kappa shape index (κ3) is 3.09. The molecule has 1 aliphatic heterocycles. The average molecular weight is 262 g/mol. The summed E-state index contributed by atoms with van der Waals surface area (Å²) >= 11 is 0. The second-order valence-electron chi connectivity index (χ2n) is 5.10. The van der Waals surface area contributed by atoms with Crippen LogP contribution in [-0.2, 0) is 14.3 Å². The molecule has 0 bridgehead atoms. The lowest BCUT2D eigenvalue weighted by molar-refractivity contribution is -0.137. The monoisotopic (exact) mass is 262 g/mol. The highest BCUT2D eigenvalue weighted by Crippen LogP contribution is 2.40. The van der Waals surface area contributed by atoms with Crippen molar-refractivity contribution in [3.63, 3.8) is 0 Å². The number of allylic oxidation sites excluding steroid dienone is 3. The van der Waals surface area contributed by atoms with Gasteiger partial charge in [-0.3, -0.25) is 0 Å². The molecule has 0 spiro atoms. The van der Waals surface area contributed by atoms with Gasteiger partial charge in [-0.05, 0) is 18.4 Å². The highest BCUT2D eigenvalue weighted by Gasteiger charge is 2.37. The first-order valence-electron chi connectivity index (χ1n) is 7.04. The summed E-state index contributed by atoms with van der Waals surface area (Å²) in [5, 5.41) is 0. The van der Waals surface area contributed by atoms with Crippen LogP contribution in [0.2, 0.25) is 0 Å². The molecule has 1 heterocycles. The van der Waals surface area contributed by atoms with Crippen LogP contribution in [0.1, 0.15) is 32.6 Å². The van der Waals surface area contributed by atoms with Crippen molar-refractivity contribution in [1.82, 2.24) is 0 Å². The lowest BCUT2D eigenvalue weighted by Gasteiger charge is -2.27. The second-order valence-corrected chi connectivity index (χ2v) is 5.10. The highest BCUT2D eigenvalue weighted by atomic mass is 16.5. The summed E-state index contributed by atoms with van der Waals surface area (Å²) in [4.78, 5) is 11.7. The lowest BCUT2D eigenvalue weighted by atomic mass is 9.84. The molecule has 2 aliphatic rings. The van der Waals surface area contributed by atoms with Crippen LogP contribution in [0.5, 0.6) is 0 Å². The van der Waals surface area contributed by atoms with Crippen LogP contribution in [-0.4, -0.2) is 19.7 Å². The molecular weight excluding hydrogens is 240 g/mol. The standard InChI is InChI=1S/C16H22O3/c1-3-4-5-6-7-12-8-9-13-14(12)10-19-11-15(13)16(17)18-2/h6-8,11,13-14H,3-5,9-10H2,1-2H3/b7-6-. The fourth-order valence-electron chi connectivity index (χ4n) is 2.75. The van der Waals surface area contributed by atoms with Gasteiger partial charge >= 0.3 is 5.97 Å². The first kappa shape index (κ1) is 13.9. The zero-order valence-corrected chi connectivity index (χ0v) is 11.7. The van der Waals surface area contributed by atoms with Crippen molar-refractivity contribution in [3.05, 3.63) is 35.6 Å². The SMILES string of the molecule is CCCC/C=C\C1=CCC2C(C(=O)OC)=COCC12. The van der Waals surface area contributed by atoms with Gasteiger partial charge in [-0.2, -0.15) is 0 Å². The van der Waals surface area contributed by atoms with Crippen molar-refractivity contribution in [2.24, 2.45) is 11.8 Å². The maximum Gasteiger partial charge on any atom is 0.337 e. The number of carbonyl (C=O) groups excluding carboxylic acids is 1. The van der Waals surface area contributed by atoms with Crippen LogP contribution >= 0.6 is 0 Å². The van der Waals surface area contributed by atoms with Crippen LogP contribution in [0.3, 0.4) is 0 Å². The smallest absolute Gasteiger partial charge is 0.337 e. The molecule has 0 amide bonds. The maximum absolute atomic E-state index is 11.7. The lowest BCUT2D eigenvalue weighted by Crippen LogP contribution is -2.27. The van der Waals surface area contributed by atoms with Crippen molar-refractivity contribution in [3.8, 4) is 0 Å². The van der Waals surface area contributed by atoms with Crippen molar-refractivity contribution in [1.29, 1.82) is 0 Å². The van der Waals surface area contributed by atoms with Crippen molar-refractivity contribution < 1.29 is 14.3 Å². The molecule has 2 atom stereocenters. The van der Waals surface area contributed by atoms with E-state index in [-0.39, 0.29) is 11.9 Å². The van der Waals surface area contributed by atoms with Crippen LogP contribution < -0.4 is 0 Å². The van der Waals surface area contributed by atoms with Crippen LogP contribution in [0.25, 0.3) is 0 Å². The predicted molar refractivity (Wildman–Crippen MR) is 74.4 cm³/mol. The van der Waals surface area contributed by atoms with E-state index in [1.165, 1.54) is 25.5 Å². The Labute approximate surface area is 115 Å². The van der Waals surface area contributed by atoms with Gasteiger partial charge in [0.2, 0.25) is 0 Å². The predicted octanol–water partition coefficient (Wildman–Crippen LogP) is 3.38. The van der Waals surface area contributed by atoms with Gasteiger partial charge in [0.25, 0.3) is 0 Å². The van der Waals surface area contributed by atoms with E-state index in [9.17, 15) is 4.79 Å². The molecule has 1 aliphatic carbocycles. The summed E-state index contributed by atoms with van der Waals surface area (Å²) in [6, 6.07) is 0. The molecule has 0 aromatic carbocycles. The quantitative estimate of drug-likeness (QED) is 0.563. The highest BCUT2D eigenvalue weighted by molar-refractivity contribution is 5.89. The number of methoxy groups -OCH3 is 1. The number of unbranched alkanes of at least 4 members (excludes halogenated alkanes) is 2. The Bertz CT molecular complexity index is 418. The number of ether oxygens (including phenoxy) is 2. The zero-order chi connectivity index (χ0) is 13.7. The first-order chi connectivity index (χ1) is 9.27. The third-order valence-electron chi connectivity index (χ3n) is 3.86. The fourth-order valence-corrected chi connectivity index (χ4v) is 2.75. The number of rotatable bonds is 5. The van der Waals surface area contributed by atoms with E-state index >= 15 is 0 Å². The molecular formula is C16H22O3. The van der Waals surface area contributed by atoms with Gasteiger partial charge in [-0.25, -0.2) is 4.79 Å².